The first kappa shape index (κ1) is 16.8. The minimum atomic E-state index is -3.34. The Morgan fingerprint density at radius 2 is 1.88 bits per heavy atom. The van der Waals surface area contributed by atoms with Gasteiger partial charge in [0.05, 0.1) is 11.8 Å². The van der Waals surface area contributed by atoms with Crippen LogP contribution in [-0.2, 0) is 16.4 Å². The molecule has 0 saturated carbocycles. The second kappa shape index (κ2) is 6.08. The van der Waals surface area contributed by atoms with Gasteiger partial charge in [-0.15, -0.1) is 0 Å². The van der Waals surface area contributed by atoms with Crippen molar-refractivity contribution in [2.75, 3.05) is 12.0 Å². The number of phenols is 2. The second-order valence-electron chi connectivity index (χ2n) is 6.10. The molecule has 0 saturated heterocycles. The Kier molecular flexibility index (Phi) is 4.25. The Morgan fingerprint density at radius 1 is 1.17 bits per heavy atom. The third-order valence-corrected chi connectivity index (χ3v) is 5.17. The van der Waals surface area contributed by atoms with Gasteiger partial charge in [0.2, 0.25) is 0 Å². The summed E-state index contributed by atoms with van der Waals surface area (Å²) in [5.41, 5.74) is 2.20. The monoisotopic (exact) mass is 349 g/mol. The van der Waals surface area contributed by atoms with Crippen LogP contribution in [0.5, 0.6) is 11.5 Å². The summed E-state index contributed by atoms with van der Waals surface area (Å²) >= 11 is 0. The van der Waals surface area contributed by atoms with Crippen molar-refractivity contribution in [3.63, 3.8) is 0 Å². The van der Waals surface area contributed by atoms with Crippen LogP contribution in [0.2, 0.25) is 0 Å². The fourth-order valence-corrected chi connectivity index (χ4v) is 4.05. The Hall–Kier alpha value is -2.09. The van der Waals surface area contributed by atoms with E-state index in [4.69, 9.17) is 0 Å². The zero-order chi connectivity index (χ0) is 17.5. The number of hydrogen-bond acceptors (Lipinski definition) is 6. The highest BCUT2D eigenvalue weighted by atomic mass is 32.2. The molecule has 128 valence electrons. The number of nitrogens with zero attached hydrogens (tertiary/aromatic N) is 1. The van der Waals surface area contributed by atoms with Crippen molar-refractivity contribution in [3.8, 4) is 11.5 Å². The number of aliphatic hydroxyl groups is 1. The molecule has 0 radical (unpaired) electrons. The molecule has 6 nitrogen and oxygen atoms in total. The lowest BCUT2D eigenvalue weighted by atomic mass is 10.1. The number of sulfone groups is 1. The molecule has 0 aliphatic carbocycles. The van der Waals surface area contributed by atoms with Crippen molar-refractivity contribution in [1.29, 1.82) is 0 Å². The highest BCUT2D eigenvalue weighted by Gasteiger charge is 2.36. The second-order valence-corrected chi connectivity index (χ2v) is 8.29. The smallest absolute Gasteiger partial charge is 0.157 e. The molecule has 24 heavy (non-hydrogen) atoms. The quantitative estimate of drug-likeness (QED) is 0.727. The van der Waals surface area contributed by atoms with E-state index in [1.807, 2.05) is 24.3 Å². The van der Waals surface area contributed by atoms with Gasteiger partial charge in [-0.1, -0.05) is 30.3 Å². The zero-order valence-electron chi connectivity index (χ0n) is 13.1. The van der Waals surface area contributed by atoms with Gasteiger partial charge in [0.25, 0.3) is 0 Å². The predicted octanol–water partition coefficient (Wildman–Crippen LogP) is 1.69. The van der Waals surface area contributed by atoms with Gasteiger partial charge in [0, 0.05) is 12.8 Å². The van der Waals surface area contributed by atoms with Gasteiger partial charge in [0.15, 0.2) is 11.5 Å². The summed E-state index contributed by atoms with van der Waals surface area (Å²) in [6.07, 6.45) is 0.208. The molecule has 1 aliphatic rings. The molecule has 7 heteroatoms. The van der Waals surface area contributed by atoms with Crippen molar-refractivity contribution in [3.05, 3.63) is 59.2 Å². The first-order valence-electron chi connectivity index (χ1n) is 7.47. The van der Waals surface area contributed by atoms with Crippen LogP contribution in [-0.4, -0.2) is 40.6 Å². The van der Waals surface area contributed by atoms with E-state index in [1.165, 1.54) is 12.1 Å². The lowest BCUT2D eigenvalue weighted by molar-refractivity contribution is -0.0121. The zero-order valence-corrected chi connectivity index (χ0v) is 13.9. The topological polar surface area (TPSA) is 98.1 Å². The molecule has 2 atom stereocenters. The van der Waals surface area contributed by atoms with Crippen LogP contribution in [0.1, 0.15) is 29.0 Å². The highest BCUT2D eigenvalue weighted by molar-refractivity contribution is 7.90. The van der Waals surface area contributed by atoms with Crippen LogP contribution in [0.3, 0.4) is 0 Å². The van der Waals surface area contributed by atoms with Crippen molar-refractivity contribution in [2.45, 2.75) is 18.8 Å². The molecule has 0 spiro atoms. The van der Waals surface area contributed by atoms with Crippen LogP contribution in [0.4, 0.5) is 0 Å². The van der Waals surface area contributed by atoms with Crippen LogP contribution in [0.15, 0.2) is 42.5 Å². The van der Waals surface area contributed by atoms with E-state index in [2.05, 4.69) is 0 Å². The molecular weight excluding hydrogens is 330 g/mol. The summed E-state index contributed by atoms with van der Waals surface area (Å²) in [7, 11) is -3.34. The molecule has 2 aromatic carbocycles. The van der Waals surface area contributed by atoms with E-state index in [1.54, 1.807) is 11.0 Å². The molecule has 0 fully saturated rings. The number of rotatable bonds is 4. The molecule has 0 bridgehead atoms. The van der Waals surface area contributed by atoms with Crippen molar-refractivity contribution >= 4 is 9.84 Å². The fraction of sp³-hybridized carbons (Fsp3) is 0.294. The van der Waals surface area contributed by atoms with Gasteiger partial charge in [-0.2, -0.15) is 0 Å². The molecule has 0 aromatic heterocycles. The molecule has 2 unspecified atom stereocenters. The largest absolute Gasteiger partial charge is 0.504 e. The number of phenolic OH excluding ortho intramolecular Hbond substituents is 2. The van der Waals surface area contributed by atoms with Gasteiger partial charge in [-0.3, -0.25) is 4.90 Å². The van der Waals surface area contributed by atoms with Gasteiger partial charge in [-0.05, 0) is 28.8 Å². The SMILES string of the molecule is CS(=O)(=O)CC(c1ccc(O)c(O)c1)N1Cc2ccccc2C1O. The molecule has 1 aliphatic heterocycles. The van der Waals surface area contributed by atoms with Crippen molar-refractivity contribution < 1.29 is 23.7 Å². The molecule has 3 N–H and O–H groups in total. The molecule has 3 rings (SSSR count). The average Bonchev–Trinajstić information content (AvgIpc) is 2.84. The number of aromatic hydroxyl groups is 2. The standard InChI is InChI=1S/C17H19NO5S/c1-24(22,23)10-14(11-6-7-15(19)16(20)8-11)18-9-12-4-2-3-5-13(12)17(18)21/h2-8,14,17,19-21H,9-10H2,1H3. The summed E-state index contributed by atoms with van der Waals surface area (Å²) in [4.78, 5) is 1.68. The summed E-state index contributed by atoms with van der Waals surface area (Å²) < 4.78 is 23.8. The minimum Gasteiger partial charge on any atom is -0.504 e. The predicted molar refractivity (Wildman–Crippen MR) is 89.2 cm³/mol. The van der Waals surface area contributed by atoms with E-state index in [9.17, 15) is 23.7 Å². The Balaban J connectivity index is 2.01. The van der Waals surface area contributed by atoms with Crippen molar-refractivity contribution in [2.24, 2.45) is 0 Å². The maximum Gasteiger partial charge on any atom is 0.157 e. The molecular formula is C17H19NO5S. The van der Waals surface area contributed by atoms with Gasteiger partial charge < -0.3 is 15.3 Å². The molecule has 1 heterocycles. The van der Waals surface area contributed by atoms with Gasteiger partial charge in [-0.25, -0.2) is 8.42 Å². The minimum absolute atomic E-state index is 0.206. The number of aliphatic hydroxyl groups excluding tert-OH is 1. The van der Waals surface area contributed by atoms with Crippen LogP contribution in [0.25, 0.3) is 0 Å². The fourth-order valence-electron chi connectivity index (χ4n) is 3.09. The van der Waals surface area contributed by atoms with Crippen LogP contribution >= 0.6 is 0 Å². The Labute approximate surface area is 140 Å². The number of benzene rings is 2. The molecule has 2 aromatic rings. The maximum absolute atomic E-state index is 11.9. The van der Waals surface area contributed by atoms with E-state index < -0.39 is 22.1 Å². The first-order valence-corrected chi connectivity index (χ1v) is 9.53. The number of hydrogen-bond donors (Lipinski definition) is 3. The number of fused-ring (bicyclic) bond motifs is 1. The summed E-state index contributed by atoms with van der Waals surface area (Å²) in [5.74, 6) is -0.804. The maximum atomic E-state index is 11.9. The van der Waals surface area contributed by atoms with E-state index in [-0.39, 0.29) is 17.3 Å². The van der Waals surface area contributed by atoms with Gasteiger partial charge >= 0.3 is 0 Å². The van der Waals surface area contributed by atoms with E-state index in [0.29, 0.717) is 12.1 Å². The van der Waals surface area contributed by atoms with Gasteiger partial charge in [0.1, 0.15) is 16.1 Å². The third kappa shape index (κ3) is 3.24. The first-order chi connectivity index (χ1) is 11.3. The Morgan fingerprint density at radius 3 is 2.50 bits per heavy atom. The highest BCUT2D eigenvalue weighted by Crippen LogP contribution is 2.40. The Bertz CT molecular complexity index is 865. The summed E-state index contributed by atoms with van der Waals surface area (Å²) in [6, 6.07) is 11.0. The average molecular weight is 349 g/mol. The van der Waals surface area contributed by atoms with E-state index in [0.717, 1.165) is 17.4 Å². The van der Waals surface area contributed by atoms with Crippen LogP contribution < -0.4 is 0 Å². The summed E-state index contributed by atoms with van der Waals surface area (Å²) in [5, 5.41) is 29.8. The molecule has 0 amide bonds. The third-order valence-electron chi connectivity index (χ3n) is 4.25. The lowest BCUT2D eigenvalue weighted by Crippen LogP contribution is -2.32. The lowest BCUT2D eigenvalue weighted by Gasteiger charge is -2.30. The van der Waals surface area contributed by atoms with E-state index >= 15 is 0 Å². The normalized spacial score (nSPS) is 19.2. The van der Waals surface area contributed by atoms with Crippen LogP contribution in [0, 0.1) is 0 Å². The summed E-state index contributed by atoms with van der Waals surface area (Å²) in [6.45, 7) is 0.402. The van der Waals surface area contributed by atoms with Crippen molar-refractivity contribution in [1.82, 2.24) is 4.90 Å².